The van der Waals surface area contributed by atoms with Crippen LogP contribution in [0.5, 0.6) is 5.75 Å². The Kier molecular flexibility index (Phi) is 4.72. The molecule has 2 N–H and O–H groups in total. The Hall–Kier alpha value is -1.67. The van der Waals surface area contributed by atoms with Crippen LogP contribution in [0.3, 0.4) is 0 Å². The average Bonchev–Trinajstić information content (AvgIpc) is 2.23. The second-order valence-electron chi connectivity index (χ2n) is 5.47. The van der Waals surface area contributed by atoms with Crippen molar-refractivity contribution in [3.63, 3.8) is 0 Å². The molecule has 0 radical (unpaired) electrons. The SMILES string of the molecule is Cc1cc([N+](=O)[O-])ccc1OCC(C)(C)CS(N)(=O)=O. The van der Waals surface area contributed by atoms with Crippen molar-refractivity contribution in [3.05, 3.63) is 33.9 Å². The van der Waals surface area contributed by atoms with Crippen molar-refractivity contribution in [2.45, 2.75) is 20.8 Å². The van der Waals surface area contributed by atoms with E-state index in [1.165, 1.54) is 18.2 Å². The summed E-state index contributed by atoms with van der Waals surface area (Å²) in [5, 5.41) is 15.6. The second-order valence-corrected chi connectivity index (χ2v) is 7.08. The van der Waals surface area contributed by atoms with E-state index in [4.69, 9.17) is 9.88 Å². The number of nitro benzene ring substituents is 1. The molecule has 0 fully saturated rings. The lowest BCUT2D eigenvalue weighted by Crippen LogP contribution is -2.33. The van der Waals surface area contributed by atoms with Gasteiger partial charge in [0, 0.05) is 17.5 Å². The number of sulfonamides is 1. The number of aryl methyl sites for hydroxylation is 1. The molecule has 1 rings (SSSR count). The predicted molar refractivity (Wildman–Crippen MR) is 75.1 cm³/mol. The Morgan fingerprint density at radius 1 is 1.40 bits per heavy atom. The van der Waals surface area contributed by atoms with Gasteiger partial charge in [-0.3, -0.25) is 10.1 Å². The van der Waals surface area contributed by atoms with Crippen molar-refractivity contribution in [3.8, 4) is 5.75 Å². The average molecular weight is 302 g/mol. The minimum Gasteiger partial charge on any atom is -0.493 e. The van der Waals surface area contributed by atoms with Crippen LogP contribution in [0.25, 0.3) is 0 Å². The summed E-state index contributed by atoms with van der Waals surface area (Å²) in [5.74, 6) is 0.282. The third kappa shape index (κ3) is 5.14. The molecule has 0 saturated carbocycles. The highest BCUT2D eigenvalue weighted by Crippen LogP contribution is 2.26. The quantitative estimate of drug-likeness (QED) is 0.633. The topological polar surface area (TPSA) is 113 Å². The summed E-state index contributed by atoms with van der Waals surface area (Å²) in [5.41, 5.74) is -0.0498. The van der Waals surface area contributed by atoms with Crippen molar-refractivity contribution in [1.29, 1.82) is 0 Å². The van der Waals surface area contributed by atoms with E-state index in [2.05, 4.69) is 0 Å². The summed E-state index contributed by atoms with van der Waals surface area (Å²) in [6, 6.07) is 4.25. The molecule has 0 saturated heterocycles. The lowest BCUT2D eigenvalue weighted by Gasteiger charge is -2.23. The molecule has 20 heavy (non-hydrogen) atoms. The Bertz CT molecular complexity index is 610. The van der Waals surface area contributed by atoms with Gasteiger partial charge in [0.25, 0.3) is 5.69 Å². The summed E-state index contributed by atoms with van der Waals surface area (Å²) in [7, 11) is -3.58. The number of nitrogens with two attached hydrogens (primary N) is 1. The van der Waals surface area contributed by atoms with Gasteiger partial charge in [0.2, 0.25) is 10.0 Å². The molecule has 0 atom stereocenters. The molecule has 0 aliphatic rings. The molecule has 0 spiro atoms. The fourth-order valence-corrected chi connectivity index (χ4v) is 2.94. The lowest BCUT2D eigenvalue weighted by atomic mass is 9.98. The van der Waals surface area contributed by atoms with Crippen LogP contribution in [0, 0.1) is 22.5 Å². The Balaban J connectivity index is 2.78. The minimum absolute atomic E-state index is 0.0151. The number of non-ortho nitro benzene ring substituents is 1. The monoisotopic (exact) mass is 302 g/mol. The van der Waals surface area contributed by atoms with E-state index < -0.39 is 20.4 Å². The number of nitro groups is 1. The van der Waals surface area contributed by atoms with E-state index in [9.17, 15) is 18.5 Å². The van der Waals surface area contributed by atoms with Crippen LogP contribution in [0.15, 0.2) is 18.2 Å². The van der Waals surface area contributed by atoms with Gasteiger partial charge in [-0.1, -0.05) is 13.8 Å². The van der Waals surface area contributed by atoms with Crippen molar-refractivity contribution in [2.75, 3.05) is 12.4 Å². The first-order chi connectivity index (χ1) is 9.00. The first kappa shape index (κ1) is 16.4. The van der Waals surface area contributed by atoms with Crippen LogP contribution in [0.2, 0.25) is 0 Å². The van der Waals surface area contributed by atoms with Gasteiger partial charge in [-0.2, -0.15) is 0 Å². The molecule has 0 aliphatic carbocycles. The van der Waals surface area contributed by atoms with Gasteiger partial charge in [0.15, 0.2) is 0 Å². The van der Waals surface area contributed by atoms with Crippen molar-refractivity contribution in [1.82, 2.24) is 0 Å². The zero-order valence-electron chi connectivity index (χ0n) is 11.6. The van der Waals surface area contributed by atoms with E-state index >= 15 is 0 Å². The van der Waals surface area contributed by atoms with Gasteiger partial charge in [0.1, 0.15) is 5.75 Å². The number of ether oxygens (including phenoxy) is 1. The fraction of sp³-hybridized carbons (Fsp3) is 0.500. The smallest absolute Gasteiger partial charge is 0.269 e. The number of benzene rings is 1. The fourth-order valence-electron chi connectivity index (χ4n) is 1.77. The molecule has 112 valence electrons. The van der Waals surface area contributed by atoms with Crippen LogP contribution in [0.1, 0.15) is 19.4 Å². The third-order valence-corrected chi connectivity index (χ3v) is 3.76. The summed E-state index contributed by atoms with van der Waals surface area (Å²) in [6.45, 7) is 5.27. The Labute approximate surface area is 117 Å². The van der Waals surface area contributed by atoms with Crippen LogP contribution in [-0.2, 0) is 10.0 Å². The largest absolute Gasteiger partial charge is 0.493 e. The van der Waals surface area contributed by atoms with E-state index in [1.54, 1.807) is 20.8 Å². The Morgan fingerprint density at radius 3 is 2.45 bits per heavy atom. The van der Waals surface area contributed by atoms with Crippen LogP contribution >= 0.6 is 0 Å². The van der Waals surface area contributed by atoms with Gasteiger partial charge >= 0.3 is 0 Å². The highest BCUT2D eigenvalue weighted by atomic mass is 32.2. The van der Waals surface area contributed by atoms with Crippen molar-refractivity contribution < 1.29 is 18.1 Å². The number of hydrogen-bond acceptors (Lipinski definition) is 5. The van der Waals surface area contributed by atoms with Gasteiger partial charge in [-0.25, -0.2) is 13.6 Å². The zero-order valence-corrected chi connectivity index (χ0v) is 12.4. The van der Waals surface area contributed by atoms with Gasteiger partial charge in [0.05, 0.1) is 17.3 Å². The Morgan fingerprint density at radius 2 is 2.00 bits per heavy atom. The molecule has 0 bridgehead atoms. The predicted octanol–water partition coefficient (Wildman–Crippen LogP) is 1.60. The summed E-state index contributed by atoms with van der Waals surface area (Å²) >= 11 is 0. The van der Waals surface area contributed by atoms with Crippen LogP contribution < -0.4 is 9.88 Å². The molecular weight excluding hydrogens is 284 g/mol. The van der Waals surface area contributed by atoms with E-state index in [1.807, 2.05) is 0 Å². The number of rotatable bonds is 6. The molecule has 1 aromatic rings. The first-order valence-corrected chi connectivity index (χ1v) is 7.60. The zero-order chi connectivity index (χ0) is 15.6. The number of hydrogen-bond donors (Lipinski definition) is 1. The lowest BCUT2D eigenvalue weighted by molar-refractivity contribution is -0.384. The van der Waals surface area contributed by atoms with Crippen LogP contribution in [-0.4, -0.2) is 25.7 Å². The van der Waals surface area contributed by atoms with Gasteiger partial charge in [-0.15, -0.1) is 0 Å². The second kappa shape index (κ2) is 5.76. The highest BCUT2D eigenvalue weighted by Gasteiger charge is 2.25. The summed E-state index contributed by atoms with van der Waals surface area (Å²) < 4.78 is 27.7. The number of nitrogens with zero attached hydrogens (tertiary/aromatic N) is 1. The molecule has 0 amide bonds. The number of primary sulfonamides is 1. The maximum atomic E-state index is 11.1. The molecular formula is C12H18N2O5S. The molecule has 1 aromatic carbocycles. The standard InChI is InChI=1S/C12H18N2O5S/c1-9-6-10(14(15)16)4-5-11(9)19-7-12(2,3)8-20(13,17)18/h4-6H,7-8H2,1-3H3,(H2,13,17,18). The van der Waals surface area contributed by atoms with Crippen molar-refractivity contribution >= 4 is 15.7 Å². The molecule has 0 heterocycles. The maximum absolute atomic E-state index is 11.1. The van der Waals surface area contributed by atoms with E-state index in [-0.39, 0.29) is 18.0 Å². The minimum atomic E-state index is -3.58. The summed E-state index contributed by atoms with van der Waals surface area (Å²) in [6.07, 6.45) is 0. The van der Waals surface area contributed by atoms with E-state index in [0.717, 1.165) is 0 Å². The highest BCUT2D eigenvalue weighted by molar-refractivity contribution is 7.89. The molecule has 0 aliphatic heterocycles. The van der Waals surface area contributed by atoms with Crippen molar-refractivity contribution in [2.24, 2.45) is 10.6 Å². The summed E-state index contributed by atoms with van der Waals surface area (Å²) in [4.78, 5) is 10.1. The van der Waals surface area contributed by atoms with Gasteiger partial charge < -0.3 is 4.74 Å². The molecule has 7 nitrogen and oxygen atoms in total. The van der Waals surface area contributed by atoms with Crippen LogP contribution in [0.4, 0.5) is 5.69 Å². The molecule has 8 heteroatoms. The van der Waals surface area contributed by atoms with E-state index in [0.29, 0.717) is 11.3 Å². The maximum Gasteiger partial charge on any atom is 0.269 e. The molecule has 0 aromatic heterocycles. The third-order valence-electron chi connectivity index (χ3n) is 2.58. The van der Waals surface area contributed by atoms with Gasteiger partial charge in [-0.05, 0) is 18.6 Å². The first-order valence-electron chi connectivity index (χ1n) is 5.88. The normalized spacial score (nSPS) is 12.2. The molecule has 0 unspecified atom stereocenters.